The fourth-order valence-electron chi connectivity index (χ4n) is 2.58. The number of anilines is 1. The van der Waals surface area contributed by atoms with Crippen molar-refractivity contribution < 1.29 is 0 Å². The number of hydrogen-bond acceptors (Lipinski definition) is 3. The van der Waals surface area contributed by atoms with Crippen LogP contribution in [0.3, 0.4) is 0 Å². The Balaban J connectivity index is 2.95. The van der Waals surface area contributed by atoms with E-state index in [2.05, 4.69) is 56.6 Å². The molecule has 3 nitrogen and oxygen atoms in total. The Kier molecular flexibility index (Phi) is 7.00. The Labute approximate surface area is 124 Å². The van der Waals surface area contributed by atoms with Crippen molar-refractivity contribution >= 4 is 5.69 Å². The quantitative estimate of drug-likeness (QED) is 0.776. The maximum Gasteiger partial charge on any atom is 0.0572 e. The minimum absolute atomic E-state index is 0.0516. The first-order chi connectivity index (χ1) is 9.53. The van der Waals surface area contributed by atoms with Crippen LogP contribution in [0.5, 0.6) is 0 Å². The smallest absolute Gasteiger partial charge is 0.0572 e. The molecule has 0 saturated heterocycles. The van der Waals surface area contributed by atoms with E-state index in [0.29, 0.717) is 12.0 Å². The summed E-state index contributed by atoms with van der Waals surface area (Å²) in [5, 5.41) is 0. The highest BCUT2D eigenvalue weighted by Gasteiger charge is 2.17. The second-order valence-corrected chi connectivity index (χ2v) is 5.97. The van der Waals surface area contributed by atoms with Gasteiger partial charge in [0.15, 0.2) is 0 Å². The average Bonchev–Trinajstić information content (AvgIpc) is 2.46. The van der Waals surface area contributed by atoms with Gasteiger partial charge >= 0.3 is 0 Å². The van der Waals surface area contributed by atoms with Gasteiger partial charge in [-0.05, 0) is 37.3 Å². The number of hydrogen-bond donors (Lipinski definition) is 1. The van der Waals surface area contributed by atoms with Gasteiger partial charge in [-0.2, -0.15) is 0 Å². The van der Waals surface area contributed by atoms with E-state index >= 15 is 0 Å². The first kappa shape index (κ1) is 17.0. The summed E-state index contributed by atoms with van der Waals surface area (Å²) in [7, 11) is 0. The number of pyridine rings is 1. The molecule has 2 N–H and O–H groups in total. The average molecular weight is 277 g/mol. The van der Waals surface area contributed by atoms with Gasteiger partial charge in [0.05, 0.1) is 17.6 Å². The van der Waals surface area contributed by atoms with Crippen LogP contribution in [0, 0.1) is 5.92 Å². The summed E-state index contributed by atoms with van der Waals surface area (Å²) in [4.78, 5) is 7.06. The molecule has 3 heteroatoms. The minimum atomic E-state index is 0.0516. The van der Waals surface area contributed by atoms with Crippen LogP contribution in [-0.2, 0) is 0 Å². The summed E-state index contributed by atoms with van der Waals surface area (Å²) in [5.74, 6) is 0.646. The highest BCUT2D eigenvalue weighted by molar-refractivity contribution is 5.46. The minimum Gasteiger partial charge on any atom is -0.367 e. The van der Waals surface area contributed by atoms with Gasteiger partial charge in [0.25, 0.3) is 0 Å². The highest BCUT2D eigenvalue weighted by Crippen LogP contribution is 2.23. The lowest BCUT2D eigenvalue weighted by Gasteiger charge is -2.34. The molecule has 0 bridgehead atoms. The van der Waals surface area contributed by atoms with Crippen LogP contribution < -0.4 is 10.6 Å². The van der Waals surface area contributed by atoms with Crippen LogP contribution in [0.4, 0.5) is 5.69 Å². The van der Waals surface area contributed by atoms with Crippen molar-refractivity contribution in [1.29, 1.82) is 0 Å². The van der Waals surface area contributed by atoms with Gasteiger partial charge in [0.1, 0.15) is 0 Å². The van der Waals surface area contributed by atoms with Gasteiger partial charge in [-0.3, -0.25) is 4.98 Å². The van der Waals surface area contributed by atoms with Crippen LogP contribution in [0.1, 0.15) is 65.6 Å². The zero-order chi connectivity index (χ0) is 15.1. The number of nitrogens with zero attached hydrogens (tertiary/aromatic N) is 2. The molecular weight excluding hydrogens is 246 g/mol. The molecule has 0 fully saturated rings. The third-order valence-corrected chi connectivity index (χ3v) is 3.87. The Morgan fingerprint density at radius 2 is 1.75 bits per heavy atom. The van der Waals surface area contributed by atoms with E-state index in [4.69, 9.17) is 5.73 Å². The van der Waals surface area contributed by atoms with Crippen LogP contribution in [0.25, 0.3) is 0 Å². The molecule has 0 saturated carbocycles. The third kappa shape index (κ3) is 4.48. The van der Waals surface area contributed by atoms with Crippen LogP contribution >= 0.6 is 0 Å². The molecule has 0 aliphatic heterocycles. The van der Waals surface area contributed by atoms with Crippen LogP contribution in [0.15, 0.2) is 18.3 Å². The summed E-state index contributed by atoms with van der Waals surface area (Å²) < 4.78 is 0. The number of nitrogens with two attached hydrogens (primary N) is 1. The molecule has 0 aliphatic rings. The monoisotopic (exact) mass is 277 g/mol. The fraction of sp³-hybridized carbons (Fsp3) is 0.706. The molecule has 20 heavy (non-hydrogen) atoms. The molecule has 1 aromatic rings. The van der Waals surface area contributed by atoms with E-state index < -0.39 is 0 Å². The van der Waals surface area contributed by atoms with E-state index in [9.17, 15) is 0 Å². The van der Waals surface area contributed by atoms with Crippen molar-refractivity contribution in [3.8, 4) is 0 Å². The Hall–Kier alpha value is -1.09. The SMILES string of the molecule is CCC(CC)N(CC(C)C)c1ccc([C@@H](N)CC)nc1. The lowest BCUT2D eigenvalue weighted by Crippen LogP contribution is -2.37. The molecule has 0 aliphatic carbocycles. The van der Waals surface area contributed by atoms with Crippen molar-refractivity contribution in [3.05, 3.63) is 24.0 Å². The van der Waals surface area contributed by atoms with E-state index in [1.165, 1.54) is 18.5 Å². The fourth-order valence-corrected chi connectivity index (χ4v) is 2.58. The van der Waals surface area contributed by atoms with Crippen molar-refractivity contribution in [1.82, 2.24) is 4.98 Å². The van der Waals surface area contributed by atoms with Crippen molar-refractivity contribution in [3.63, 3.8) is 0 Å². The predicted octanol–water partition coefficient (Wildman–Crippen LogP) is 4.14. The van der Waals surface area contributed by atoms with Crippen LogP contribution in [0.2, 0.25) is 0 Å². The molecule has 0 spiro atoms. The second kappa shape index (κ2) is 8.25. The van der Waals surface area contributed by atoms with E-state index in [-0.39, 0.29) is 6.04 Å². The van der Waals surface area contributed by atoms with Gasteiger partial charge in [-0.25, -0.2) is 0 Å². The normalized spacial score (nSPS) is 13.0. The molecule has 0 radical (unpaired) electrons. The third-order valence-electron chi connectivity index (χ3n) is 3.87. The van der Waals surface area contributed by atoms with E-state index in [1.54, 1.807) is 0 Å². The van der Waals surface area contributed by atoms with Gasteiger partial charge in [-0.1, -0.05) is 34.6 Å². The number of aromatic nitrogens is 1. The van der Waals surface area contributed by atoms with E-state index in [1.807, 2.05) is 6.20 Å². The summed E-state index contributed by atoms with van der Waals surface area (Å²) in [6.45, 7) is 12.2. The first-order valence-corrected chi connectivity index (χ1v) is 8.01. The largest absolute Gasteiger partial charge is 0.367 e. The standard InChI is InChI=1S/C17H31N3/c1-6-14(7-2)20(12-13(4)5)15-9-10-17(19-11-15)16(18)8-3/h9-11,13-14,16H,6-8,12,18H2,1-5H3/t16-/m0/s1. The molecule has 1 aromatic heterocycles. The maximum atomic E-state index is 6.04. The topological polar surface area (TPSA) is 42.1 Å². The van der Waals surface area contributed by atoms with Gasteiger partial charge in [0.2, 0.25) is 0 Å². The molecular formula is C17H31N3. The molecule has 0 aromatic carbocycles. The van der Waals surface area contributed by atoms with Crippen LogP contribution in [-0.4, -0.2) is 17.6 Å². The molecule has 1 atom stereocenters. The Morgan fingerprint density at radius 3 is 2.15 bits per heavy atom. The summed E-state index contributed by atoms with van der Waals surface area (Å²) in [5.41, 5.74) is 8.25. The molecule has 0 amide bonds. The Bertz CT molecular complexity index is 368. The van der Waals surface area contributed by atoms with Gasteiger partial charge in [0, 0.05) is 18.6 Å². The molecule has 114 valence electrons. The summed E-state index contributed by atoms with van der Waals surface area (Å²) in [6.07, 6.45) is 5.25. The first-order valence-electron chi connectivity index (χ1n) is 8.01. The summed E-state index contributed by atoms with van der Waals surface area (Å²) in [6, 6.07) is 4.90. The van der Waals surface area contributed by atoms with Gasteiger partial charge in [-0.15, -0.1) is 0 Å². The molecule has 1 rings (SSSR count). The lowest BCUT2D eigenvalue weighted by atomic mass is 10.1. The van der Waals surface area contributed by atoms with Crippen molar-refractivity contribution in [2.75, 3.05) is 11.4 Å². The maximum absolute atomic E-state index is 6.04. The lowest BCUT2D eigenvalue weighted by molar-refractivity contribution is 0.507. The van der Waals surface area contributed by atoms with Crippen molar-refractivity contribution in [2.45, 2.75) is 66.0 Å². The predicted molar refractivity (Wildman–Crippen MR) is 88.0 cm³/mol. The zero-order valence-corrected chi connectivity index (χ0v) is 13.8. The highest BCUT2D eigenvalue weighted by atomic mass is 15.2. The number of rotatable bonds is 8. The molecule has 0 unspecified atom stereocenters. The Morgan fingerprint density at radius 1 is 1.10 bits per heavy atom. The second-order valence-electron chi connectivity index (χ2n) is 5.97. The van der Waals surface area contributed by atoms with E-state index in [0.717, 1.165) is 18.7 Å². The van der Waals surface area contributed by atoms with Gasteiger partial charge < -0.3 is 10.6 Å². The molecule has 1 heterocycles. The zero-order valence-electron chi connectivity index (χ0n) is 13.8. The summed E-state index contributed by atoms with van der Waals surface area (Å²) >= 11 is 0. The van der Waals surface area contributed by atoms with Crippen molar-refractivity contribution in [2.24, 2.45) is 11.7 Å².